The molecule has 0 atom stereocenters. The summed E-state index contributed by atoms with van der Waals surface area (Å²) in [6.45, 7) is 0.525. The Morgan fingerprint density at radius 3 is 2.93 bits per heavy atom. The van der Waals surface area contributed by atoms with Crippen LogP contribution in [-0.2, 0) is 16.4 Å². The Kier molecular flexibility index (Phi) is 4.40. The van der Waals surface area contributed by atoms with Crippen LogP contribution in [0.15, 0.2) is 69.0 Å². The van der Waals surface area contributed by atoms with Crippen molar-refractivity contribution in [3.8, 4) is 0 Å². The summed E-state index contributed by atoms with van der Waals surface area (Å²) in [6, 6.07) is 8.50. The number of aromatic nitrogens is 2. The number of rotatable bonds is 4. The van der Waals surface area contributed by atoms with Crippen molar-refractivity contribution < 1.29 is 17.6 Å². The Bertz CT molecular complexity index is 1380. The third-order valence-corrected chi connectivity index (χ3v) is 6.84. The van der Waals surface area contributed by atoms with E-state index in [2.05, 4.69) is 30.6 Å². The molecule has 1 aliphatic heterocycles. The van der Waals surface area contributed by atoms with Gasteiger partial charge in [0.2, 0.25) is 0 Å². The molecule has 0 bridgehead atoms. The molecule has 5 rings (SSSR count). The minimum absolute atomic E-state index is 0.114. The number of hydrogen-bond donors (Lipinski definition) is 2. The standard InChI is InChI=1S/C20H15BrN4O4S/c21-14-8-16-18(10-23-19(16)22-9-14)30(27,28)24-15-1-2-17-12(7-15)3-5-25(17)20(26)13-4-6-29-11-13/h1-2,4,6-11,24H,3,5H2,(H,22,23). The van der Waals surface area contributed by atoms with Gasteiger partial charge in [0.05, 0.1) is 11.8 Å². The number of nitrogens with one attached hydrogen (secondary N) is 2. The second-order valence-electron chi connectivity index (χ2n) is 6.87. The first-order chi connectivity index (χ1) is 14.4. The van der Waals surface area contributed by atoms with Crippen molar-refractivity contribution in [2.24, 2.45) is 0 Å². The second-order valence-corrected chi connectivity index (χ2v) is 9.44. The lowest BCUT2D eigenvalue weighted by molar-refractivity contribution is 0.0988. The summed E-state index contributed by atoms with van der Waals surface area (Å²) in [4.78, 5) is 21.5. The lowest BCUT2D eigenvalue weighted by Gasteiger charge is -2.17. The summed E-state index contributed by atoms with van der Waals surface area (Å²) in [7, 11) is -3.83. The van der Waals surface area contributed by atoms with E-state index in [1.54, 1.807) is 41.4 Å². The number of pyridine rings is 1. The van der Waals surface area contributed by atoms with E-state index in [-0.39, 0.29) is 10.8 Å². The first-order valence-corrected chi connectivity index (χ1v) is 11.3. The zero-order valence-corrected chi connectivity index (χ0v) is 17.8. The normalized spacial score (nSPS) is 13.6. The monoisotopic (exact) mass is 486 g/mol. The molecule has 3 aromatic heterocycles. The van der Waals surface area contributed by atoms with Crippen LogP contribution in [0.4, 0.5) is 11.4 Å². The van der Waals surface area contributed by atoms with Crippen LogP contribution in [0.2, 0.25) is 0 Å². The van der Waals surface area contributed by atoms with Crippen LogP contribution in [0.1, 0.15) is 15.9 Å². The SMILES string of the molecule is O=C(c1ccoc1)N1CCc2cc(NS(=O)(=O)c3c[nH]c4ncc(Br)cc34)ccc21. The molecule has 30 heavy (non-hydrogen) atoms. The highest BCUT2D eigenvalue weighted by atomic mass is 79.9. The number of benzene rings is 1. The van der Waals surface area contributed by atoms with E-state index in [0.29, 0.717) is 39.7 Å². The molecule has 10 heteroatoms. The maximum Gasteiger partial charge on any atom is 0.264 e. The number of hydrogen-bond acceptors (Lipinski definition) is 5. The molecule has 1 amide bonds. The fraction of sp³-hybridized carbons (Fsp3) is 0.100. The second kappa shape index (κ2) is 6.99. The summed E-state index contributed by atoms with van der Waals surface area (Å²) < 4.78 is 34.2. The topological polar surface area (TPSA) is 108 Å². The van der Waals surface area contributed by atoms with Gasteiger partial charge < -0.3 is 14.3 Å². The van der Waals surface area contributed by atoms with E-state index in [0.717, 1.165) is 11.3 Å². The zero-order valence-electron chi connectivity index (χ0n) is 15.4. The molecular weight excluding hydrogens is 472 g/mol. The largest absolute Gasteiger partial charge is 0.472 e. The fourth-order valence-electron chi connectivity index (χ4n) is 3.60. The maximum absolute atomic E-state index is 13.0. The van der Waals surface area contributed by atoms with Gasteiger partial charge in [-0.15, -0.1) is 0 Å². The van der Waals surface area contributed by atoms with Gasteiger partial charge in [0.1, 0.15) is 16.8 Å². The third-order valence-electron chi connectivity index (χ3n) is 4.99. The quantitative estimate of drug-likeness (QED) is 0.454. The van der Waals surface area contributed by atoms with Gasteiger partial charge in [-0.2, -0.15) is 0 Å². The molecule has 0 saturated carbocycles. The highest BCUT2D eigenvalue weighted by Crippen LogP contribution is 2.33. The van der Waals surface area contributed by atoms with E-state index in [9.17, 15) is 13.2 Å². The molecule has 4 aromatic rings. The van der Waals surface area contributed by atoms with Gasteiger partial charge in [-0.05, 0) is 58.2 Å². The number of amides is 1. The predicted molar refractivity (Wildman–Crippen MR) is 115 cm³/mol. The average Bonchev–Trinajstić information content (AvgIpc) is 3.45. The smallest absolute Gasteiger partial charge is 0.264 e. The van der Waals surface area contributed by atoms with Crippen LogP contribution in [-0.4, -0.2) is 30.8 Å². The summed E-state index contributed by atoms with van der Waals surface area (Å²) in [6.07, 6.45) is 6.53. The van der Waals surface area contributed by atoms with Crippen LogP contribution in [0.5, 0.6) is 0 Å². The summed E-state index contributed by atoms with van der Waals surface area (Å²) in [5.74, 6) is -0.146. The molecule has 0 unspecified atom stereocenters. The van der Waals surface area contributed by atoms with Gasteiger partial charge in [0, 0.05) is 40.2 Å². The first-order valence-electron chi connectivity index (χ1n) is 9.05. The number of halogens is 1. The number of carbonyl (C=O) groups is 1. The van der Waals surface area contributed by atoms with Gasteiger partial charge in [0.25, 0.3) is 15.9 Å². The Balaban J connectivity index is 1.43. The van der Waals surface area contributed by atoms with Crippen molar-refractivity contribution in [3.63, 3.8) is 0 Å². The Morgan fingerprint density at radius 2 is 2.13 bits per heavy atom. The van der Waals surface area contributed by atoms with Crippen LogP contribution in [0.25, 0.3) is 11.0 Å². The lowest BCUT2D eigenvalue weighted by Crippen LogP contribution is -2.28. The highest BCUT2D eigenvalue weighted by Gasteiger charge is 2.27. The summed E-state index contributed by atoms with van der Waals surface area (Å²) in [5.41, 5.74) is 3.07. The highest BCUT2D eigenvalue weighted by molar-refractivity contribution is 9.10. The number of carbonyl (C=O) groups excluding carboxylic acids is 1. The minimum atomic E-state index is -3.83. The van der Waals surface area contributed by atoms with Crippen LogP contribution < -0.4 is 9.62 Å². The molecule has 1 aromatic carbocycles. The van der Waals surface area contributed by atoms with Crippen molar-refractivity contribution in [2.45, 2.75) is 11.3 Å². The Morgan fingerprint density at radius 1 is 1.27 bits per heavy atom. The van der Waals surface area contributed by atoms with Gasteiger partial charge in [-0.1, -0.05) is 0 Å². The Hall–Kier alpha value is -3.11. The number of fused-ring (bicyclic) bond motifs is 2. The van der Waals surface area contributed by atoms with Crippen molar-refractivity contribution in [3.05, 3.63) is 70.9 Å². The van der Waals surface area contributed by atoms with E-state index in [1.807, 2.05) is 0 Å². The fourth-order valence-corrected chi connectivity index (χ4v) is 5.14. The molecule has 152 valence electrons. The molecule has 0 aliphatic carbocycles. The zero-order chi connectivity index (χ0) is 20.9. The third kappa shape index (κ3) is 3.17. The molecule has 0 radical (unpaired) electrons. The molecule has 2 N–H and O–H groups in total. The van der Waals surface area contributed by atoms with Gasteiger partial charge in [0.15, 0.2) is 0 Å². The molecule has 0 saturated heterocycles. The van der Waals surface area contributed by atoms with Crippen LogP contribution >= 0.6 is 15.9 Å². The van der Waals surface area contributed by atoms with Crippen LogP contribution in [0.3, 0.4) is 0 Å². The van der Waals surface area contributed by atoms with E-state index in [1.165, 1.54) is 18.7 Å². The van der Waals surface area contributed by atoms with Gasteiger partial charge in [-0.25, -0.2) is 13.4 Å². The average molecular weight is 487 g/mol. The van der Waals surface area contributed by atoms with E-state index < -0.39 is 10.0 Å². The lowest BCUT2D eigenvalue weighted by atomic mass is 10.1. The van der Waals surface area contributed by atoms with Gasteiger partial charge >= 0.3 is 0 Å². The summed E-state index contributed by atoms with van der Waals surface area (Å²) in [5, 5.41) is 0.495. The van der Waals surface area contributed by atoms with Gasteiger partial charge in [-0.3, -0.25) is 9.52 Å². The van der Waals surface area contributed by atoms with Crippen molar-refractivity contribution in [1.82, 2.24) is 9.97 Å². The van der Waals surface area contributed by atoms with Crippen molar-refractivity contribution >= 4 is 54.3 Å². The molecule has 8 nitrogen and oxygen atoms in total. The molecule has 1 aliphatic rings. The van der Waals surface area contributed by atoms with E-state index in [4.69, 9.17) is 4.42 Å². The number of anilines is 2. The van der Waals surface area contributed by atoms with Crippen molar-refractivity contribution in [2.75, 3.05) is 16.2 Å². The van der Waals surface area contributed by atoms with E-state index >= 15 is 0 Å². The van der Waals surface area contributed by atoms with Crippen molar-refractivity contribution in [1.29, 1.82) is 0 Å². The predicted octanol–water partition coefficient (Wildman–Crippen LogP) is 3.92. The molecular formula is C20H15BrN4O4S. The minimum Gasteiger partial charge on any atom is -0.472 e. The first kappa shape index (κ1) is 18.9. The maximum atomic E-state index is 13.0. The number of furan rings is 1. The molecule has 0 spiro atoms. The molecule has 0 fully saturated rings. The Labute approximate surface area is 180 Å². The van der Waals surface area contributed by atoms with Crippen LogP contribution in [0, 0.1) is 0 Å². The number of H-pyrrole nitrogens is 1. The number of nitrogens with zero attached hydrogens (tertiary/aromatic N) is 2. The molecule has 4 heterocycles. The number of aromatic amines is 1. The number of sulfonamides is 1. The summed E-state index contributed by atoms with van der Waals surface area (Å²) >= 11 is 3.32.